The van der Waals surface area contributed by atoms with Crippen molar-refractivity contribution in [3.8, 4) is 5.75 Å². The second-order valence-electron chi connectivity index (χ2n) is 6.14. The molecule has 1 saturated carbocycles. The molecule has 1 aliphatic rings. The maximum Gasteiger partial charge on any atom is 0.122 e. The summed E-state index contributed by atoms with van der Waals surface area (Å²) in [5, 5.41) is 0. The fourth-order valence-electron chi connectivity index (χ4n) is 2.50. The van der Waals surface area contributed by atoms with Gasteiger partial charge in [0, 0.05) is 6.04 Å². The highest BCUT2D eigenvalue weighted by Crippen LogP contribution is 2.39. The van der Waals surface area contributed by atoms with Gasteiger partial charge in [-0.15, -0.1) is 0 Å². The van der Waals surface area contributed by atoms with E-state index in [9.17, 15) is 0 Å². The van der Waals surface area contributed by atoms with Crippen molar-refractivity contribution in [3.63, 3.8) is 0 Å². The molecular weight excluding hydrogens is 210 g/mol. The summed E-state index contributed by atoms with van der Waals surface area (Å²) in [6.07, 6.45) is 2.24. The fourth-order valence-corrected chi connectivity index (χ4v) is 2.50. The Bertz CT molecular complexity index is 400. The van der Waals surface area contributed by atoms with Gasteiger partial charge in [0.05, 0.1) is 7.11 Å². The zero-order valence-corrected chi connectivity index (χ0v) is 11.3. The van der Waals surface area contributed by atoms with Crippen LogP contribution in [-0.2, 0) is 5.41 Å². The van der Waals surface area contributed by atoms with E-state index < -0.39 is 0 Å². The molecule has 2 N–H and O–H groups in total. The molecule has 1 aromatic rings. The van der Waals surface area contributed by atoms with Crippen molar-refractivity contribution in [1.29, 1.82) is 0 Å². The first-order chi connectivity index (χ1) is 7.91. The van der Waals surface area contributed by atoms with Gasteiger partial charge >= 0.3 is 0 Å². The maximum atomic E-state index is 5.86. The molecule has 1 aromatic carbocycles. The molecule has 2 heteroatoms. The Morgan fingerprint density at radius 3 is 2.35 bits per heavy atom. The van der Waals surface area contributed by atoms with Gasteiger partial charge in [0.1, 0.15) is 5.75 Å². The van der Waals surface area contributed by atoms with Crippen LogP contribution in [0, 0.1) is 0 Å². The lowest BCUT2D eigenvalue weighted by atomic mass is 9.74. The molecule has 1 aliphatic carbocycles. The molecular formula is C15H23NO. The Morgan fingerprint density at radius 1 is 1.24 bits per heavy atom. The lowest BCUT2D eigenvalue weighted by Gasteiger charge is -2.34. The first kappa shape index (κ1) is 12.4. The zero-order valence-electron chi connectivity index (χ0n) is 11.3. The molecule has 2 nitrogen and oxygen atoms in total. The van der Waals surface area contributed by atoms with Crippen molar-refractivity contribution >= 4 is 0 Å². The predicted octanol–water partition coefficient (Wildman–Crippen LogP) is 3.20. The standard InChI is InChI=1S/C15H23NO/c1-15(2,3)13-9-10(5-6-14(13)17-4)11-7-12(16)8-11/h5-6,9,11-12H,7-8,16H2,1-4H3. The summed E-state index contributed by atoms with van der Waals surface area (Å²) in [6.45, 7) is 6.67. The molecule has 0 unspecified atom stereocenters. The normalized spacial score (nSPS) is 24.3. The lowest BCUT2D eigenvalue weighted by Crippen LogP contribution is -2.34. The van der Waals surface area contributed by atoms with E-state index in [0.717, 1.165) is 18.6 Å². The van der Waals surface area contributed by atoms with E-state index >= 15 is 0 Å². The molecule has 0 saturated heterocycles. The minimum atomic E-state index is 0.118. The molecule has 0 radical (unpaired) electrons. The van der Waals surface area contributed by atoms with Crippen molar-refractivity contribution in [3.05, 3.63) is 29.3 Å². The first-order valence-corrected chi connectivity index (χ1v) is 6.36. The van der Waals surface area contributed by atoms with Crippen LogP contribution < -0.4 is 10.5 Å². The van der Waals surface area contributed by atoms with Crippen molar-refractivity contribution in [2.75, 3.05) is 7.11 Å². The number of methoxy groups -OCH3 is 1. The predicted molar refractivity (Wildman–Crippen MR) is 71.6 cm³/mol. The van der Waals surface area contributed by atoms with Crippen molar-refractivity contribution in [1.82, 2.24) is 0 Å². The summed E-state index contributed by atoms with van der Waals surface area (Å²) in [5.41, 5.74) is 8.68. The van der Waals surface area contributed by atoms with Crippen LogP contribution in [0.2, 0.25) is 0 Å². The van der Waals surface area contributed by atoms with Crippen LogP contribution in [-0.4, -0.2) is 13.2 Å². The van der Waals surface area contributed by atoms with Crippen molar-refractivity contribution in [2.45, 2.75) is 51.0 Å². The number of rotatable bonds is 2. The molecule has 0 bridgehead atoms. The minimum absolute atomic E-state index is 0.118. The number of hydrogen-bond donors (Lipinski definition) is 1. The summed E-state index contributed by atoms with van der Waals surface area (Å²) in [7, 11) is 1.74. The highest BCUT2D eigenvalue weighted by molar-refractivity contribution is 5.43. The first-order valence-electron chi connectivity index (χ1n) is 6.36. The Kier molecular flexibility index (Phi) is 3.17. The Labute approximate surface area is 104 Å². The third-order valence-corrected chi connectivity index (χ3v) is 3.68. The van der Waals surface area contributed by atoms with E-state index in [-0.39, 0.29) is 5.41 Å². The number of ether oxygens (including phenoxy) is 1. The van der Waals surface area contributed by atoms with Crippen molar-refractivity contribution < 1.29 is 4.74 Å². The van der Waals surface area contributed by atoms with Crippen LogP contribution in [0.25, 0.3) is 0 Å². The van der Waals surface area contributed by atoms with Crippen LogP contribution in [0.1, 0.15) is 50.7 Å². The zero-order chi connectivity index (χ0) is 12.6. The topological polar surface area (TPSA) is 35.2 Å². The minimum Gasteiger partial charge on any atom is -0.496 e. The monoisotopic (exact) mass is 233 g/mol. The molecule has 0 heterocycles. The molecule has 17 heavy (non-hydrogen) atoms. The van der Waals surface area contributed by atoms with Crippen LogP contribution >= 0.6 is 0 Å². The third kappa shape index (κ3) is 2.47. The molecule has 0 atom stereocenters. The molecule has 0 amide bonds. The second-order valence-corrected chi connectivity index (χ2v) is 6.14. The van der Waals surface area contributed by atoms with Crippen molar-refractivity contribution in [2.24, 2.45) is 5.73 Å². The summed E-state index contributed by atoms with van der Waals surface area (Å²) >= 11 is 0. The number of hydrogen-bond acceptors (Lipinski definition) is 2. The smallest absolute Gasteiger partial charge is 0.122 e. The van der Waals surface area contributed by atoms with E-state index in [1.54, 1.807) is 7.11 Å². The average molecular weight is 233 g/mol. The Hall–Kier alpha value is -1.02. The fraction of sp³-hybridized carbons (Fsp3) is 0.600. The van der Waals surface area contributed by atoms with Gasteiger partial charge in [-0.25, -0.2) is 0 Å². The SMILES string of the molecule is COc1ccc(C2CC(N)C2)cc1C(C)(C)C. The molecule has 1 fully saturated rings. The highest BCUT2D eigenvalue weighted by atomic mass is 16.5. The van der Waals surface area contributed by atoms with E-state index in [4.69, 9.17) is 10.5 Å². The highest BCUT2D eigenvalue weighted by Gasteiger charge is 2.29. The van der Waals surface area contributed by atoms with E-state index in [1.165, 1.54) is 11.1 Å². The van der Waals surface area contributed by atoms with Gasteiger partial charge in [-0.3, -0.25) is 0 Å². The Balaban J connectivity index is 2.32. The van der Waals surface area contributed by atoms with Crippen LogP contribution in [0.5, 0.6) is 5.75 Å². The van der Waals surface area contributed by atoms with Gasteiger partial charge in [-0.2, -0.15) is 0 Å². The van der Waals surface area contributed by atoms with Crippen LogP contribution in [0.3, 0.4) is 0 Å². The summed E-state index contributed by atoms with van der Waals surface area (Å²) in [5.74, 6) is 1.64. The van der Waals surface area contributed by atoms with Gasteiger partial charge in [0.2, 0.25) is 0 Å². The molecule has 0 spiro atoms. The number of benzene rings is 1. The van der Waals surface area contributed by atoms with E-state index in [2.05, 4.69) is 39.0 Å². The lowest BCUT2D eigenvalue weighted by molar-refractivity contribution is 0.349. The van der Waals surface area contributed by atoms with Gasteiger partial charge in [0.15, 0.2) is 0 Å². The van der Waals surface area contributed by atoms with Gasteiger partial charge in [-0.1, -0.05) is 32.9 Å². The van der Waals surface area contributed by atoms with Gasteiger partial charge < -0.3 is 10.5 Å². The summed E-state index contributed by atoms with van der Waals surface area (Å²) in [6, 6.07) is 6.99. The Morgan fingerprint density at radius 2 is 1.88 bits per heavy atom. The van der Waals surface area contributed by atoms with E-state index in [0.29, 0.717) is 12.0 Å². The number of nitrogens with two attached hydrogens (primary N) is 1. The van der Waals surface area contributed by atoms with Gasteiger partial charge in [-0.05, 0) is 41.4 Å². The molecule has 0 aromatic heterocycles. The quantitative estimate of drug-likeness (QED) is 0.851. The molecule has 94 valence electrons. The largest absolute Gasteiger partial charge is 0.496 e. The van der Waals surface area contributed by atoms with Gasteiger partial charge in [0.25, 0.3) is 0 Å². The summed E-state index contributed by atoms with van der Waals surface area (Å²) in [4.78, 5) is 0. The average Bonchev–Trinajstić information content (AvgIpc) is 2.23. The maximum absolute atomic E-state index is 5.86. The van der Waals surface area contributed by atoms with E-state index in [1.807, 2.05) is 0 Å². The van der Waals surface area contributed by atoms with Crippen LogP contribution in [0.4, 0.5) is 0 Å². The third-order valence-electron chi connectivity index (χ3n) is 3.68. The molecule has 2 rings (SSSR count). The summed E-state index contributed by atoms with van der Waals surface area (Å²) < 4.78 is 5.45. The van der Waals surface area contributed by atoms with Crippen LogP contribution in [0.15, 0.2) is 18.2 Å². The molecule has 0 aliphatic heterocycles. The second kappa shape index (κ2) is 4.34.